The summed E-state index contributed by atoms with van der Waals surface area (Å²) in [5.41, 5.74) is 2.13. The first-order valence-corrected chi connectivity index (χ1v) is 9.22. The number of carbonyl (C=O) groups excluding carboxylic acids is 2. The lowest BCUT2D eigenvalue weighted by Crippen LogP contribution is -2.19. The number of aromatic hydroxyl groups is 1. The van der Waals surface area contributed by atoms with Crippen LogP contribution in [0, 0.1) is 5.82 Å². The molecule has 6 nitrogen and oxygen atoms in total. The number of cyclic esters (lactones) is 1. The van der Waals surface area contributed by atoms with Crippen LogP contribution in [0.4, 0.5) is 10.1 Å². The number of esters is 1. The Hall–Kier alpha value is -3.22. The molecule has 1 unspecified atom stereocenters. The summed E-state index contributed by atoms with van der Waals surface area (Å²) in [6.45, 7) is 2.08. The molecule has 0 saturated carbocycles. The van der Waals surface area contributed by atoms with Crippen molar-refractivity contribution in [2.24, 2.45) is 5.10 Å². The van der Waals surface area contributed by atoms with Gasteiger partial charge in [-0.3, -0.25) is 4.79 Å². The van der Waals surface area contributed by atoms with Crippen LogP contribution in [-0.4, -0.2) is 22.7 Å². The molecule has 2 aliphatic rings. The van der Waals surface area contributed by atoms with E-state index in [0.29, 0.717) is 11.3 Å². The zero-order valence-corrected chi connectivity index (χ0v) is 15.3. The standard InChI is InChI=1S/C21H19FN2O4/c1-2-3-7-18-13-9-8-12(10-15(13)21(27)28-18)24-19(25)11-17(23-24)14-5-4-6-16(22)20(14)26/h4-6,8-10,18,26H,2-3,7,11H2,1H3. The Labute approximate surface area is 161 Å². The number of phenolic OH excluding ortho intramolecular Hbond substituents is 1. The van der Waals surface area contributed by atoms with Crippen LogP contribution in [0.1, 0.15) is 60.2 Å². The highest BCUT2D eigenvalue weighted by Crippen LogP contribution is 2.37. The minimum atomic E-state index is -0.774. The molecule has 0 fully saturated rings. The first-order valence-electron chi connectivity index (χ1n) is 9.22. The molecule has 0 radical (unpaired) electrons. The molecule has 2 aliphatic heterocycles. The lowest BCUT2D eigenvalue weighted by atomic mass is 10.0. The molecule has 0 aromatic heterocycles. The van der Waals surface area contributed by atoms with Crippen molar-refractivity contribution in [3.05, 3.63) is 58.9 Å². The molecule has 0 saturated heterocycles. The lowest BCUT2D eigenvalue weighted by molar-refractivity contribution is -0.116. The Bertz CT molecular complexity index is 1000. The molecule has 2 aromatic carbocycles. The highest BCUT2D eigenvalue weighted by molar-refractivity contribution is 6.20. The number of para-hydroxylation sites is 1. The van der Waals surface area contributed by atoms with Gasteiger partial charge in [0, 0.05) is 11.1 Å². The van der Waals surface area contributed by atoms with E-state index in [9.17, 15) is 19.1 Å². The van der Waals surface area contributed by atoms with Crippen molar-refractivity contribution in [3.63, 3.8) is 0 Å². The van der Waals surface area contributed by atoms with Gasteiger partial charge in [-0.05, 0) is 37.1 Å². The van der Waals surface area contributed by atoms with Gasteiger partial charge in [-0.2, -0.15) is 5.10 Å². The maximum atomic E-state index is 13.6. The maximum absolute atomic E-state index is 13.6. The predicted molar refractivity (Wildman–Crippen MR) is 101 cm³/mol. The van der Waals surface area contributed by atoms with Crippen molar-refractivity contribution in [3.8, 4) is 5.75 Å². The van der Waals surface area contributed by atoms with Crippen LogP contribution >= 0.6 is 0 Å². The predicted octanol–water partition coefficient (Wildman–Crippen LogP) is 4.07. The molecule has 28 heavy (non-hydrogen) atoms. The molecular formula is C21H19FN2O4. The van der Waals surface area contributed by atoms with Gasteiger partial charge in [0.2, 0.25) is 0 Å². The van der Waals surface area contributed by atoms with E-state index in [0.717, 1.165) is 30.9 Å². The molecule has 7 heteroatoms. The fourth-order valence-corrected chi connectivity index (χ4v) is 3.52. The molecule has 0 bridgehead atoms. The Morgan fingerprint density at radius 1 is 1.25 bits per heavy atom. The zero-order valence-electron chi connectivity index (χ0n) is 15.3. The summed E-state index contributed by atoms with van der Waals surface area (Å²) in [5, 5.41) is 15.3. The van der Waals surface area contributed by atoms with Crippen molar-refractivity contribution >= 4 is 23.3 Å². The van der Waals surface area contributed by atoms with Crippen molar-refractivity contribution in [2.75, 3.05) is 5.01 Å². The van der Waals surface area contributed by atoms with Crippen LogP contribution < -0.4 is 5.01 Å². The topological polar surface area (TPSA) is 79.2 Å². The van der Waals surface area contributed by atoms with Crippen molar-refractivity contribution in [1.29, 1.82) is 0 Å². The van der Waals surface area contributed by atoms with E-state index in [2.05, 4.69) is 12.0 Å². The minimum absolute atomic E-state index is 0.0718. The first-order chi connectivity index (χ1) is 13.5. The molecule has 144 valence electrons. The number of unbranched alkanes of at least 4 members (excludes halogenated alkanes) is 1. The van der Waals surface area contributed by atoms with E-state index in [1.165, 1.54) is 17.1 Å². The maximum Gasteiger partial charge on any atom is 0.339 e. The van der Waals surface area contributed by atoms with Crippen LogP contribution in [0.2, 0.25) is 0 Å². The molecule has 4 rings (SSSR count). The van der Waals surface area contributed by atoms with Gasteiger partial charge in [0.15, 0.2) is 11.6 Å². The van der Waals surface area contributed by atoms with Gasteiger partial charge >= 0.3 is 5.97 Å². The fourth-order valence-electron chi connectivity index (χ4n) is 3.52. The van der Waals surface area contributed by atoms with E-state index < -0.39 is 17.5 Å². The van der Waals surface area contributed by atoms with E-state index >= 15 is 0 Å². The summed E-state index contributed by atoms with van der Waals surface area (Å²) >= 11 is 0. The average molecular weight is 382 g/mol. The molecule has 1 atom stereocenters. The zero-order chi connectivity index (χ0) is 19.8. The van der Waals surface area contributed by atoms with E-state index in [1.54, 1.807) is 18.2 Å². The number of rotatable bonds is 5. The molecule has 0 spiro atoms. The number of hydrogen-bond donors (Lipinski definition) is 1. The number of hydrogen-bond acceptors (Lipinski definition) is 5. The van der Waals surface area contributed by atoms with Crippen LogP contribution in [0.5, 0.6) is 5.75 Å². The monoisotopic (exact) mass is 382 g/mol. The Morgan fingerprint density at radius 2 is 2.07 bits per heavy atom. The van der Waals surface area contributed by atoms with Gasteiger partial charge in [-0.25, -0.2) is 14.2 Å². The van der Waals surface area contributed by atoms with Crippen molar-refractivity contribution in [2.45, 2.75) is 38.7 Å². The van der Waals surface area contributed by atoms with Crippen LogP contribution in [0.3, 0.4) is 0 Å². The number of phenols is 1. The second-order valence-corrected chi connectivity index (χ2v) is 6.87. The number of nitrogens with zero attached hydrogens (tertiary/aromatic N) is 2. The number of carbonyl (C=O) groups is 2. The average Bonchev–Trinajstić information content (AvgIpc) is 3.22. The number of fused-ring (bicyclic) bond motifs is 1. The van der Waals surface area contributed by atoms with E-state index in [-0.39, 0.29) is 29.7 Å². The first kappa shape index (κ1) is 18.2. The van der Waals surface area contributed by atoms with Gasteiger partial charge in [0.25, 0.3) is 5.91 Å². The summed E-state index contributed by atoms with van der Waals surface area (Å²) < 4.78 is 19.1. The number of benzene rings is 2. The summed E-state index contributed by atoms with van der Waals surface area (Å²) in [7, 11) is 0. The van der Waals surface area contributed by atoms with Gasteiger partial charge in [0.1, 0.15) is 6.10 Å². The Kier molecular flexibility index (Phi) is 4.58. The van der Waals surface area contributed by atoms with Crippen LogP contribution in [0.25, 0.3) is 0 Å². The lowest BCUT2D eigenvalue weighted by Gasteiger charge is -2.13. The molecule has 1 N–H and O–H groups in total. The Morgan fingerprint density at radius 3 is 2.86 bits per heavy atom. The van der Waals surface area contributed by atoms with E-state index in [1.807, 2.05) is 0 Å². The number of anilines is 1. The SMILES string of the molecule is CCCCC1OC(=O)c2cc(N3N=C(c4cccc(F)c4O)CC3=O)ccc21. The van der Waals surface area contributed by atoms with Gasteiger partial charge in [-0.15, -0.1) is 0 Å². The summed E-state index contributed by atoms with van der Waals surface area (Å²) in [6.07, 6.45) is 2.40. The Balaban J connectivity index is 1.66. The fraction of sp³-hybridized carbons (Fsp3) is 0.286. The number of ether oxygens (including phenoxy) is 1. The van der Waals surface area contributed by atoms with Crippen molar-refractivity contribution in [1.82, 2.24) is 0 Å². The summed E-state index contributed by atoms with van der Waals surface area (Å²) in [5.74, 6) is -2.04. The minimum Gasteiger partial charge on any atom is -0.504 e. The van der Waals surface area contributed by atoms with E-state index in [4.69, 9.17) is 4.74 Å². The highest BCUT2D eigenvalue weighted by Gasteiger charge is 2.33. The molecule has 0 aliphatic carbocycles. The molecule has 2 heterocycles. The van der Waals surface area contributed by atoms with Crippen LogP contribution in [0.15, 0.2) is 41.5 Å². The summed E-state index contributed by atoms with van der Waals surface area (Å²) in [4.78, 5) is 24.7. The third-order valence-electron chi connectivity index (χ3n) is 4.99. The normalized spacial score (nSPS) is 18.3. The number of halogens is 1. The second-order valence-electron chi connectivity index (χ2n) is 6.87. The third kappa shape index (κ3) is 3.02. The van der Waals surface area contributed by atoms with Crippen LogP contribution in [-0.2, 0) is 9.53 Å². The quantitative estimate of drug-likeness (QED) is 0.791. The molecule has 1 amide bonds. The largest absolute Gasteiger partial charge is 0.504 e. The summed E-state index contributed by atoms with van der Waals surface area (Å²) in [6, 6.07) is 9.19. The number of hydrazone groups is 1. The molecular weight excluding hydrogens is 363 g/mol. The van der Waals surface area contributed by atoms with Gasteiger partial charge in [0.05, 0.1) is 23.4 Å². The highest BCUT2D eigenvalue weighted by atomic mass is 19.1. The van der Waals surface area contributed by atoms with Gasteiger partial charge < -0.3 is 9.84 Å². The molecule has 2 aromatic rings. The second kappa shape index (κ2) is 7.07. The smallest absolute Gasteiger partial charge is 0.339 e. The third-order valence-corrected chi connectivity index (χ3v) is 4.99. The number of amides is 1. The van der Waals surface area contributed by atoms with Crippen molar-refractivity contribution < 1.29 is 23.8 Å². The van der Waals surface area contributed by atoms with Gasteiger partial charge in [-0.1, -0.05) is 25.5 Å².